The van der Waals surface area contributed by atoms with E-state index in [9.17, 15) is 9.90 Å². The van der Waals surface area contributed by atoms with E-state index in [1.54, 1.807) is 6.20 Å². The van der Waals surface area contributed by atoms with Crippen LogP contribution in [-0.4, -0.2) is 37.9 Å². The van der Waals surface area contributed by atoms with Gasteiger partial charge in [0.2, 0.25) is 0 Å². The minimum absolute atomic E-state index is 0.0146. The van der Waals surface area contributed by atoms with Crippen LogP contribution in [0.3, 0.4) is 0 Å². The molecule has 1 saturated carbocycles. The Morgan fingerprint density at radius 2 is 1.97 bits per heavy atom. The predicted octanol–water partition coefficient (Wildman–Crippen LogP) is 3.32. The summed E-state index contributed by atoms with van der Waals surface area (Å²) in [4.78, 5) is 14.9. The topological polar surface area (TPSA) is 67.6 Å². The Kier molecular flexibility index (Phi) is 4.56. The van der Waals surface area contributed by atoms with Crippen molar-refractivity contribution in [3.05, 3.63) is 77.6 Å². The first-order valence-electron chi connectivity index (χ1n) is 10.0. The van der Waals surface area contributed by atoms with Gasteiger partial charge in [-0.25, -0.2) is 4.68 Å². The molecular formula is C23H23N3O3. The lowest BCUT2D eigenvalue weighted by molar-refractivity contribution is 0.0582. The molecule has 1 N–H and O–H groups in total. The molecule has 1 amide bonds. The number of carbonyl (C=O) groups is 1. The second-order valence-electron chi connectivity index (χ2n) is 7.72. The highest BCUT2D eigenvalue weighted by Crippen LogP contribution is 2.34. The number of hydrogen-bond donors (Lipinski definition) is 1. The van der Waals surface area contributed by atoms with Gasteiger partial charge in [-0.1, -0.05) is 24.3 Å². The fourth-order valence-corrected chi connectivity index (χ4v) is 4.22. The maximum atomic E-state index is 13.1. The third-order valence-electron chi connectivity index (χ3n) is 5.75. The summed E-state index contributed by atoms with van der Waals surface area (Å²) in [6.07, 6.45) is 5.51. The third kappa shape index (κ3) is 3.40. The van der Waals surface area contributed by atoms with Gasteiger partial charge in [0.05, 0.1) is 17.4 Å². The summed E-state index contributed by atoms with van der Waals surface area (Å²) in [6.45, 7) is 1.11. The zero-order chi connectivity index (χ0) is 19.8. The summed E-state index contributed by atoms with van der Waals surface area (Å²) in [5.74, 6) is 0.578. The number of ether oxygens (including phenoxy) is 1. The van der Waals surface area contributed by atoms with Gasteiger partial charge in [-0.3, -0.25) is 4.79 Å². The minimum atomic E-state index is -0.452. The highest BCUT2D eigenvalue weighted by Gasteiger charge is 2.33. The van der Waals surface area contributed by atoms with Gasteiger partial charge in [-0.05, 0) is 54.7 Å². The fraction of sp³-hybridized carbons (Fsp3) is 0.304. The Hall–Kier alpha value is -3.12. The van der Waals surface area contributed by atoms with Crippen molar-refractivity contribution in [1.82, 2.24) is 14.7 Å². The molecule has 6 heteroatoms. The first-order valence-corrected chi connectivity index (χ1v) is 10.0. The summed E-state index contributed by atoms with van der Waals surface area (Å²) in [7, 11) is 0. The van der Waals surface area contributed by atoms with Crippen LogP contribution in [0.25, 0.3) is 5.69 Å². The molecule has 2 aliphatic rings. The number of rotatable bonds is 5. The van der Waals surface area contributed by atoms with Crippen LogP contribution >= 0.6 is 0 Å². The Balaban J connectivity index is 1.32. The molecule has 2 aromatic carbocycles. The Bertz CT molecular complexity index is 1010. The summed E-state index contributed by atoms with van der Waals surface area (Å²) in [6, 6.07) is 15.7. The summed E-state index contributed by atoms with van der Waals surface area (Å²) in [5, 5.41) is 14.3. The number of nitrogens with zero attached hydrogens (tertiary/aromatic N) is 3. The van der Waals surface area contributed by atoms with E-state index in [1.807, 2.05) is 64.3 Å². The number of carbonyl (C=O) groups excluding carboxylic acids is 1. The van der Waals surface area contributed by atoms with E-state index in [-0.39, 0.29) is 12.0 Å². The monoisotopic (exact) mass is 389 g/mol. The molecule has 148 valence electrons. The Morgan fingerprint density at radius 3 is 2.69 bits per heavy atom. The molecule has 29 heavy (non-hydrogen) atoms. The SMILES string of the molecule is O=C1c2c(cccc2O[C@@H]2CCC[C@H]2O)CN1Cc1ccc(-n2cccn2)cc1. The van der Waals surface area contributed by atoms with Gasteiger partial charge in [0.15, 0.2) is 0 Å². The van der Waals surface area contributed by atoms with E-state index < -0.39 is 6.10 Å². The van der Waals surface area contributed by atoms with Gasteiger partial charge in [0, 0.05) is 25.5 Å². The molecule has 1 fully saturated rings. The molecular weight excluding hydrogens is 366 g/mol. The molecule has 5 rings (SSSR count). The molecule has 1 aliphatic carbocycles. The van der Waals surface area contributed by atoms with E-state index >= 15 is 0 Å². The Morgan fingerprint density at radius 1 is 1.10 bits per heavy atom. The van der Waals surface area contributed by atoms with Gasteiger partial charge in [0.1, 0.15) is 11.9 Å². The van der Waals surface area contributed by atoms with Crippen LogP contribution in [0.1, 0.15) is 40.7 Å². The zero-order valence-corrected chi connectivity index (χ0v) is 16.1. The molecule has 2 heterocycles. The maximum Gasteiger partial charge on any atom is 0.258 e. The van der Waals surface area contributed by atoms with Crippen LogP contribution in [0.5, 0.6) is 5.75 Å². The van der Waals surface area contributed by atoms with Crippen LogP contribution in [-0.2, 0) is 13.1 Å². The molecule has 0 unspecified atom stereocenters. The Labute approximate surface area is 169 Å². The molecule has 0 saturated heterocycles. The number of aliphatic hydroxyl groups excluding tert-OH is 1. The number of amides is 1. The predicted molar refractivity (Wildman–Crippen MR) is 108 cm³/mol. The van der Waals surface area contributed by atoms with Crippen LogP contribution in [0.2, 0.25) is 0 Å². The van der Waals surface area contributed by atoms with Crippen LogP contribution < -0.4 is 4.74 Å². The van der Waals surface area contributed by atoms with Gasteiger partial charge in [-0.2, -0.15) is 5.10 Å². The maximum absolute atomic E-state index is 13.1. The fourth-order valence-electron chi connectivity index (χ4n) is 4.22. The van der Waals surface area contributed by atoms with E-state index in [4.69, 9.17) is 4.74 Å². The largest absolute Gasteiger partial charge is 0.487 e. The van der Waals surface area contributed by atoms with Crippen molar-refractivity contribution < 1.29 is 14.6 Å². The smallest absolute Gasteiger partial charge is 0.258 e. The van der Waals surface area contributed by atoms with Crippen molar-refractivity contribution in [3.8, 4) is 11.4 Å². The van der Waals surface area contributed by atoms with Crippen LogP contribution in [0.15, 0.2) is 60.9 Å². The summed E-state index contributed by atoms with van der Waals surface area (Å²) in [5.41, 5.74) is 3.67. The second-order valence-corrected chi connectivity index (χ2v) is 7.72. The molecule has 0 bridgehead atoms. The minimum Gasteiger partial charge on any atom is -0.487 e. The lowest BCUT2D eigenvalue weighted by atomic mass is 10.1. The second kappa shape index (κ2) is 7.37. The van der Waals surface area contributed by atoms with Gasteiger partial charge >= 0.3 is 0 Å². The van der Waals surface area contributed by atoms with Gasteiger partial charge in [0.25, 0.3) is 5.91 Å². The number of hydrogen-bond acceptors (Lipinski definition) is 4. The van der Waals surface area contributed by atoms with Crippen molar-refractivity contribution in [2.45, 2.75) is 44.6 Å². The highest BCUT2D eigenvalue weighted by atomic mass is 16.5. The average molecular weight is 389 g/mol. The average Bonchev–Trinajstić information content (AvgIpc) is 3.46. The molecule has 1 aromatic heterocycles. The normalized spacial score (nSPS) is 20.9. The van der Waals surface area contributed by atoms with E-state index in [2.05, 4.69) is 5.10 Å². The van der Waals surface area contributed by atoms with E-state index in [0.29, 0.717) is 24.4 Å². The lowest BCUT2D eigenvalue weighted by Crippen LogP contribution is -2.27. The summed E-state index contributed by atoms with van der Waals surface area (Å²) >= 11 is 0. The molecule has 0 spiro atoms. The highest BCUT2D eigenvalue weighted by molar-refractivity contribution is 6.01. The standard InChI is InChI=1S/C23H23N3O3/c27-19-5-2-6-20(19)29-21-7-1-4-17-15-25(23(28)22(17)21)14-16-8-10-18(11-9-16)26-13-3-12-24-26/h1,3-4,7-13,19-20,27H,2,5-6,14-15H2/t19-,20-/m1/s1. The number of aromatic nitrogens is 2. The van der Waals surface area contributed by atoms with Crippen LogP contribution in [0, 0.1) is 0 Å². The van der Waals surface area contributed by atoms with Crippen molar-refractivity contribution in [2.75, 3.05) is 0 Å². The first kappa shape index (κ1) is 17.9. The van der Waals surface area contributed by atoms with Crippen molar-refractivity contribution >= 4 is 5.91 Å². The lowest BCUT2D eigenvalue weighted by Gasteiger charge is -2.19. The number of benzene rings is 2. The third-order valence-corrected chi connectivity index (χ3v) is 5.75. The molecule has 6 nitrogen and oxygen atoms in total. The zero-order valence-electron chi connectivity index (χ0n) is 16.1. The quantitative estimate of drug-likeness (QED) is 0.727. The van der Waals surface area contributed by atoms with Gasteiger partial charge in [-0.15, -0.1) is 0 Å². The number of fused-ring (bicyclic) bond motifs is 1. The number of aliphatic hydroxyl groups is 1. The molecule has 3 aromatic rings. The van der Waals surface area contributed by atoms with Crippen molar-refractivity contribution in [2.24, 2.45) is 0 Å². The van der Waals surface area contributed by atoms with Gasteiger partial charge < -0.3 is 14.7 Å². The van der Waals surface area contributed by atoms with Crippen molar-refractivity contribution in [3.63, 3.8) is 0 Å². The molecule has 1 aliphatic heterocycles. The first-order chi connectivity index (χ1) is 14.2. The van der Waals surface area contributed by atoms with Crippen LogP contribution in [0.4, 0.5) is 0 Å². The van der Waals surface area contributed by atoms with E-state index in [0.717, 1.165) is 36.1 Å². The van der Waals surface area contributed by atoms with E-state index in [1.165, 1.54) is 0 Å². The van der Waals surface area contributed by atoms with Crippen molar-refractivity contribution in [1.29, 1.82) is 0 Å². The molecule has 2 atom stereocenters. The molecule has 0 radical (unpaired) electrons. The summed E-state index contributed by atoms with van der Waals surface area (Å²) < 4.78 is 7.86.